The van der Waals surface area contributed by atoms with E-state index < -0.39 is 0 Å². The van der Waals surface area contributed by atoms with E-state index >= 15 is 0 Å². The molecule has 3 aliphatic heterocycles. The lowest BCUT2D eigenvalue weighted by atomic mass is 9.81. The summed E-state index contributed by atoms with van der Waals surface area (Å²) in [6.07, 6.45) is 5.48. The van der Waals surface area contributed by atoms with Gasteiger partial charge in [0.05, 0.1) is 19.1 Å². The Kier molecular flexibility index (Phi) is 5.69. The number of amides is 1. The molecule has 1 aromatic heterocycles. The molecule has 2 saturated heterocycles. The topological polar surface area (TPSA) is 46.8 Å². The lowest BCUT2D eigenvalue weighted by Gasteiger charge is -2.45. The van der Waals surface area contributed by atoms with Crippen LogP contribution in [0.1, 0.15) is 37.8 Å². The molecule has 2 bridgehead atoms. The van der Waals surface area contributed by atoms with Gasteiger partial charge in [0.25, 0.3) is 5.56 Å². The molecule has 0 aliphatic carbocycles. The van der Waals surface area contributed by atoms with Crippen LogP contribution in [0.5, 0.6) is 0 Å². The maximum absolute atomic E-state index is 13.4. The number of nitrogens with zero attached hydrogens (tertiary/aromatic N) is 2. The van der Waals surface area contributed by atoms with Crippen LogP contribution < -0.4 is 10.5 Å². The summed E-state index contributed by atoms with van der Waals surface area (Å²) in [4.78, 5) is 30.0. The zero-order valence-electron chi connectivity index (χ0n) is 18.5. The molecular weight excluding hydrogens is 406 g/mol. The van der Waals surface area contributed by atoms with Crippen molar-refractivity contribution in [2.45, 2.75) is 49.6 Å². The number of hydrogen-bond acceptors (Lipinski definition) is 3. The van der Waals surface area contributed by atoms with Crippen molar-refractivity contribution in [3.63, 3.8) is 0 Å². The lowest BCUT2D eigenvalue weighted by molar-refractivity contribution is -0.937. The van der Waals surface area contributed by atoms with Crippen molar-refractivity contribution in [1.82, 2.24) is 9.47 Å². The van der Waals surface area contributed by atoms with Crippen LogP contribution in [0.15, 0.2) is 46.1 Å². The minimum absolute atomic E-state index is 0.169. The molecule has 164 valence electrons. The fourth-order valence-corrected chi connectivity index (χ4v) is 6.43. The van der Waals surface area contributed by atoms with Crippen LogP contribution in [0.25, 0.3) is 11.1 Å². The Balaban J connectivity index is 1.36. The molecule has 0 spiro atoms. The van der Waals surface area contributed by atoms with Gasteiger partial charge in [-0.2, -0.15) is 0 Å². The van der Waals surface area contributed by atoms with Gasteiger partial charge in [-0.15, -0.1) is 11.8 Å². The molecule has 31 heavy (non-hydrogen) atoms. The minimum atomic E-state index is 0.169. The second kappa shape index (κ2) is 8.47. The van der Waals surface area contributed by atoms with Crippen LogP contribution in [-0.2, 0) is 11.3 Å². The molecule has 2 aromatic rings. The van der Waals surface area contributed by atoms with Crippen LogP contribution in [0.2, 0.25) is 0 Å². The van der Waals surface area contributed by atoms with Crippen molar-refractivity contribution in [2.75, 3.05) is 32.4 Å². The van der Waals surface area contributed by atoms with E-state index in [1.54, 1.807) is 23.6 Å². The van der Waals surface area contributed by atoms with Crippen LogP contribution >= 0.6 is 11.8 Å². The first-order valence-electron chi connectivity index (χ1n) is 11.5. The number of carbonyl (C=O) groups excluding carboxylic acids is 1. The van der Waals surface area contributed by atoms with Crippen molar-refractivity contribution in [2.24, 2.45) is 5.92 Å². The number of likely N-dealkylation sites (tertiary alicyclic amines) is 2. The zero-order chi connectivity index (χ0) is 21.5. The second-order valence-electron chi connectivity index (χ2n) is 9.46. The van der Waals surface area contributed by atoms with E-state index in [1.807, 2.05) is 11.0 Å². The number of benzene rings is 1. The fraction of sp³-hybridized carbons (Fsp3) is 0.520. The second-order valence-corrected chi connectivity index (χ2v) is 10.3. The maximum Gasteiger partial charge on any atom is 0.258 e. The van der Waals surface area contributed by atoms with Crippen LogP contribution in [0, 0.1) is 5.92 Å². The molecule has 3 aliphatic rings. The highest BCUT2D eigenvalue weighted by Gasteiger charge is 2.41. The van der Waals surface area contributed by atoms with Gasteiger partial charge in [0.1, 0.15) is 0 Å². The van der Waals surface area contributed by atoms with Crippen molar-refractivity contribution in [3.8, 4) is 11.1 Å². The fourth-order valence-electron chi connectivity index (χ4n) is 6.03. The Labute approximate surface area is 188 Å². The highest BCUT2D eigenvalue weighted by molar-refractivity contribution is 7.98. The molecule has 1 unspecified atom stereocenters. The first-order valence-corrected chi connectivity index (χ1v) is 12.7. The van der Waals surface area contributed by atoms with Crippen LogP contribution in [0.3, 0.4) is 0 Å². The van der Waals surface area contributed by atoms with E-state index in [9.17, 15) is 9.59 Å². The van der Waals surface area contributed by atoms with E-state index in [0.717, 1.165) is 56.7 Å². The largest absolute Gasteiger partial charge is 0.342 e. The molecule has 0 saturated carbocycles. The molecule has 5 nitrogen and oxygen atoms in total. The first kappa shape index (κ1) is 20.8. The zero-order valence-corrected chi connectivity index (χ0v) is 19.3. The van der Waals surface area contributed by atoms with Gasteiger partial charge in [-0.25, -0.2) is 0 Å². The van der Waals surface area contributed by atoms with Gasteiger partial charge < -0.3 is 14.4 Å². The van der Waals surface area contributed by atoms with Gasteiger partial charge in [0, 0.05) is 67.4 Å². The number of piperidine rings is 2. The third-order valence-electron chi connectivity index (χ3n) is 7.66. The number of rotatable bonds is 3. The summed E-state index contributed by atoms with van der Waals surface area (Å²) in [5, 5.41) is 0. The average molecular weight is 439 g/mol. The van der Waals surface area contributed by atoms with Gasteiger partial charge in [0.15, 0.2) is 0 Å². The Bertz CT molecular complexity index is 1020. The molecule has 4 heterocycles. The summed E-state index contributed by atoms with van der Waals surface area (Å²) in [5.41, 5.74) is 3.22. The average Bonchev–Trinajstić information content (AvgIpc) is 2.80. The summed E-state index contributed by atoms with van der Waals surface area (Å²) in [6, 6.07) is 13.2. The van der Waals surface area contributed by atoms with Gasteiger partial charge in [-0.1, -0.05) is 12.1 Å². The third kappa shape index (κ3) is 3.96. The van der Waals surface area contributed by atoms with Crippen LogP contribution in [0.4, 0.5) is 0 Å². The quantitative estimate of drug-likeness (QED) is 0.748. The molecule has 2 fully saturated rings. The maximum atomic E-state index is 13.4. The van der Waals surface area contributed by atoms with Gasteiger partial charge in [0.2, 0.25) is 5.91 Å². The van der Waals surface area contributed by atoms with E-state index in [1.165, 1.54) is 17.0 Å². The van der Waals surface area contributed by atoms with Gasteiger partial charge in [-0.3, -0.25) is 9.59 Å². The SMILES string of the molecule is CSc1ccc(-c2ccc3n(c2=O)C[C@H]2C[C@@H]3C[NH+](C3CCN(C(C)=O)CC3)C2)cc1. The highest BCUT2D eigenvalue weighted by Crippen LogP contribution is 2.32. The number of quaternary nitrogens is 1. The predicted molar refractivity (Wildman–Crippen MR) is 125 cm³/mol. The van der Waals surface area contributed by atoms with Crippen molar-refractivity contribution >= 4 is 17.7 Å². The van der Waals surface area contributed by atoms with Crippen molar-refractivity contribution < 1.29 is 9.69 Å². The first-order chi connectivity index (χ1) is 15.0. The lowest BCUT2D eigenvalue weighted by Crippen LogP contribution is -3.18. The van der Waals surface area contributed by atoms with Gasteiger partial charge >= 0.3 is 0 Å². The molecule has 1 N–H and O–H groups in total. The smallest absolute Gasteiger partial charge is 0.258 e. The number of hydrogen-bond donors (Lipinski definition) is 1. The monoisotopic (exact) mass is 438 g/mol. The summed E-state index contributed by atoms with van der Waals surface area (Å²) >= 11 is 1.72. The molecule has 3 atom stereocenters. The highest BCUT2D eigenvalue weighted by atomic mass is 32.2. The number of thioether (sulfide) groups is 1. The van der Waals surface area contributed by atoms with Gasteiger partial charge in [-0.05, 0) is 42.5 Å². The van der Waals surface area contributed by atoms with E-state index in [2.05, 4.69) is 41.2 Å². The van der Waals surface area contributed by atoms with E-state index in [4.69, 9.17) is 0 Å². The number of carbonyl (C=O) groups is 1. The molecular formula is C25H32N3O2S+. The standard InChI is InChI=1S/C25H31N3O2S/c1-17(29)26-11-9-21(10-12-26)27-14-18-13-20(16-27)24-8-7-23(25(30)28(24)15-18)19-3-5-22(31-2)6-4-19/h3-8,18,20-21H,9-16H2,1-2H3/p+1/t18-,20+/m0/s1. The molecule has 6 heteroatoms. The molecule has 1 amide bonds. The van der Waals surface area contributed by atoms with Crippen molar-refractivity contribution in [3.05, 3.63) is 52.4 Å². The minimum Gasteiger partial charge on any atom is -0.342 e. The number of aromatic nitrogens is 1. The summed E-state index contributed by atoms with van der Waals surface area (Å²) < 4.78 is 2.08. The Hall–Kier alpha value is -2.05. The number of pyridine rings is 1. The Morgan fingerprint density at radius 2 is 1.81 bits per heavy atom. The molecule has 0 radical (unpaired) electrons. The van der Waals surface area contributed by atoms with E-state index in [0.29, 0.717) is 17.9 Å². The summed E-state index contributed by atoms with van der Waals surface area (Å²) in [5.74, 6) is 1.24. The van der Waals surface area contributed by atoms with Crippen LogP contribution in [-0.4, -0.2) is 53.9 Å². The molecule has 1 aromatic carbocycles. The predicted octanol–water partition coefficient (Wildman–Crippen LogP) is 2.25. The number of nitrogens with one attached hydrogen (secondary N) is 1. The number of fused-ring (bicyclic) bond motifs is 4. The summed E-state index contributed by atoms with van der Waals surface area (Å²) in [6.45, 7) is 6.58. The normalized spacial score (nSPS) is 25.9. The Morgan fingerprint density at radius 1 is 1.06 bits per heavy atom. The molecule has 5 rings (SSSR count). The summed E-state index contributed by atoms with van der Waals surface area (Å²) in [7, 11) is 0. The van der Waals surface area contributed by atoms with Crippen molar-refractivity contribution in [1.29, 1.82) is 0 Å². The van der Waals surface area contributed by atoms with E-state index in [-0.39, 0.29) is 11.5 Å². The Morgan fingerprint density at radius 3 is 2.48 bits per heavy atom. The third-order valence-corrected chi connectivity index (χ3v) is 8.41.